The number of rotatable bonds is 2. The van der Waals surface area contributed by atoms with Gasteiger partial charge < -0.3 is 9.47 Å². The average Bonchev–Trinajstić information content (AvgIpc) is 2.72. The standard InChI is InChI=1S/C14H16O4S/c15-11-3-1-4-14(11)19(16)10-5-6-12-13(9-10)18-8-2-7-17-12/h5-6,9,14H,1-4,7-8H2. The van der Waals surface area contributed by atoms with Gasteiger partial charge in [0.15, 0.2) is 11.5 Å². The maximum atomic E-state index is 12.4. The van der Waals surface area contributed by atoms with Gasteiger partial charge in [0.25, 0.3) is 0 Å². The minimum atomic E-state index is -1.28. The van der Waals surface area contributed by atoms with E-state index >= 15 is 0 Å². The van der Waals surface area contributed by atoms with Gasteiger partial charge in [-0.2, -0.15) is 0 Å². The van der Waals surface area contributed by atoms with Gasteiger partial charge in [0.05, 0.1) is 29.3 Å². The van der Waals surface area contributed by atoms with Crippen LogP contribution in [0.25, 0.3) is 0 Å². The van der Waals surface area contributed by atoms with Crippen LogP contribution in [0.15, 0.2) is 23.1 Å². The van der Waals surface area contributed by atoms with Crippen molar-refractivity contribution < 1.29 is 18.5 Å². The zero-order chi connectivity index (χ0) is 13.2. The topological polar surface area (TPSA) is 52.6 Å². The fraction of sp³-hybridized carbons (Fsp3) is 0.500. The Labute approximate surface area is 114 Å². The molecule has 1 aliphatic carbocycles. The molecule has 0 N–H and O–H groups in total. The Bertz CT molecular complexity index is 526. The van der Waals surface area contributed by atoms with E-state index in [4.69, 9.17) is 9.47 Å². The molecule has 2 unspecified atom stereocenters. The normalized spacial score (nSPS) is 24.0. The zero-order valence-electron chi connectivity index (χ0n) is 10.6. The lowest BCUT2D eigenvalue weighted by Crippen LogP contribution is -2.19. The van der Waals surface area contributed by atoms with Gasteiger partial charge in [0, 0.05) is 23.8 Å². The van der Waals surface area contributed by atoms with Crippen LogP contribution in [0.3, 0.4) is 0 Å². The molecule has 0 radical (unpaired) electrons. The minimum absolute atomic E-state index is 0.116. The Balaban J connectivity index is 1.87. The van der Waals surface area contributed by atoms with Crippen LogP contribution in [0.4, 0.5) is 0 Å². The molecule has 1 aromatic carbocycles. The van der Waals surface area contributed by atoms with E-state index in [1.807, 2.05) is 0 Å². The van der Waals surface area contributed by atoms with Gasteiger partial charge in [0.1, 0.15) is 5.78 Å². The van der Waals surface area contributed by atoms with Crippen LogP contribution in [-0.4, -0.2) is 28.5 Å². The lowest BCUT2D eigenvalue weighted by molar-refractivity contribution is -0.117. The predicted molar refractivity (Wildman–Crippen MR) is 71.1 cm³/mol. The molecule has 1 fully saturated rings. The second-order valence-electron chi connectivity index (χ2n) is 4.80. The maximum Gasteiger partial charge on any atom is 0.162 e. The molecule has 0 aromatic heterocycles. The molecule has 2 atom stereocenters. The molecule has 0 saturated heterocycles. The average molecular weight is 280 g/mol. The van der Waals surface area contributed by atoms with E-state index in [0.717, 1.165) is 19.3 Å². The number of carbonyl (C=O) groups is 1. The third kappa shape index (κ3) is 2.52. The van der Waals surface area contributed by atoms with Crippen LogP contribution in [0.1, 0.15) is 25.7 Å². The highest BCUT2D eigenvalue weighted by Crippen LogP contribution is 2.33. The van der Waals surface area contributed by atoms with Crippen molar-refractivity contribution in [2.45, 2.75) is 35.8 Å². The molecule has 19 heavy (non-hydrogen) atoms. The summed E-state index contributed by atoms with van der Waals surface area (Å²) in [6.07, 6.45) is 2.97. The highest BCUT2D eigenvalue weighted by molar-refractivity contribution is 7.86. The molecular weight excluding hydrogens is 264 g/mol. The molecule has 5 heteroatoms. The first-order chi connectivity index (χ1) is 9.25. The third-order valence-corrected chi connectivity index (χ3v) is 5.19. The van der Waals surface area contributed by atoms with Crippen molar-refractivity contribution in [2.75, 3.05) is 13.2 Å². The summed E-state index contributed by atoms with van der Waals surface area (Å²) in [5.41, 5.74) is 0. The van der Waals surface area contributed by atoms with Crippen molar-refractivity contribution >= 4 is 16.6 Å². The molecule has 0 bridgehead atoms. The minimum Gasteiger partial charge on any atom is -0.490 e. The van der Waals surface area contributed by atoms with Crippen molar-refractivity contribution in [2.24, 2.45) is 0 Å². The fourth-order valence-electron chi connectivity index (χ4n) is 2.44. The first-order valence-electron chi connectivity index (χ1n) is 6.58. The molecular formula is C14H16O4S. The summed E-state index contributed by atoms with van der Waals surface area (Å²) in [5, 5.41) is -0.343. The van der Waals surface area contributed by atoms with Gasteiger partial charge in [0.2, 0.25) is 0 Å². The van der Waals surface area contributed by atoms with Crippen molar-refractivity contribution in [1.29, 1.82) is 0 Å². The van der Waals surface area contributed by atoms with E-state index < -0.39 is 10.8 Å². The Morgan fingerprint density at radius 2 is 1.89 bits per heavy atom. The molecule has 0 amide bonds. The molecule has 3 rings (SSSR count). The third-order valence-electron chi connectivity index (χ3n) is 3.46. The summed E-state index contributed by atoms with van der Waals surface area (Å²) in [5.74, 6) is 1.44. The van der Waals surface area contributed by atoms with Crippen LogP contribution < -0.4 is 9.47 Å². The number of ether oxygens (including phenoxy) is 2. The first-order valence-corrected chi connectivity index (χ1v) is 7.80. The maximum absolute atomic E-state index is 12.4. The van der Waals surface area contributed by atoms with E-state index in [-0.39, 0.29) is 11.0 Å². The molecule has 2 aliphatic rings. The Hall–Kier alpha value is -1.36. The van der Waals surface area contributed by atoms with Crippen LogP contribution in [0.2, 0.25) is 0 Å². The van der Waals surface area contributed by atoms with E-state index in [0.29, 0.717) is 36.0 Å². The highest BCUT2D eigenvalue weighted by Gasteiger charge is 2.31. The summed E-state index contributed by atoms with van der Waals surface area (Å²) in [4.78, 5) is 12.3. The Morgan fingerprint density at radius 3 is 2.63 bits per heavy atom. The monoisotopic (exact) mass is 280 g/mol. The van der Waals surface area contributed by atoms with E-state index in [1.54, 1.807) is 18.2 Å². The van der Waals surface area contributed by atoms with Gasteiger partial charge in [-0.15, -0.1) is 0 Å². The Kier molecular flexibility index (Phi) is 3.55. The van der Waals surface area contributed by atoms with Crippen LogP contribution in [0, 0.1) is 0 Å². The van der Waals surface area contributed by atoms with E-state index in [2.05, 4.69) is 0 Å². The summed E-state index contributed by atoms with van der Waals surface area (Å²) in [6.45, 7) is 1.24. The SMILES string of the molecule is O=C1CCCC1S(=O)c1ccc2c(c1)OCCCO2. The van der Waals surface area contributed by atoms with Crippen LogP contribution in [0.5, 0.6) is 11.5 Å². The first kappa shape index (κ1) is 12.7. The van der Waals surface area contributed by atoms with Gasteiger partial charge >= 0.3 is 0 Å². The molecule has 1 aliphatic heterocycles. The molecule has 0 spiro atoms. The number of benzene rings is 1. The lowest BCUT2D eigenvalue weighted by atomic mass is 10.3. The number of hydrogen-bond donors (Lipinski definition) is 0. The van der Waals surface area contributed by atoms with Crippen molar-refractivity contribution in [3.8, 4) is 11.5 Å². The molecule has 1 saturated carbocycles. The van der Waals surface area contributed by atoms with Gasteiger partial charge in [-0.3, -0.25) is 9.00 Å². The quantitative estimate of drug-likeness (QED) is 0.832. The fourth-order valence-corrected chi connectivity index (χ4v) is 3.93. The lowest BCUT2D eigenvalue weighted by Gasteiger charge is -2.11. The summed E-state index contributed by atoms with van der Waals surface area (Å²) in [7, 11) is -1.28. The molecule has 1 heterocycles. The number of Topliss-reactive ketones (excluding diaryl/α,β-unsaturated/α-hetero) is 1. The van der Waals surface area contributed by atoms with E-state index in [9.17, 15) is 9.00 Å². The smallest absolute Gasteiger partial charge is 0.162 e. The summed E-state index contributed by atoms with van der Waals surface area (Å²) >= 11 is 0. The molecule has 102 valence electrons. The number of ketones is 1. The second-order valence-corrected chi connectivity index (χ2v) is 6.44. The summed E-state index contributed by atoms with van der Waals surface area (Å²) in [6, 6.07) is 5.31. The van der Waals surface area contributed by atoms with Crippen molar-refractivity contribution in [3.63, 3.8) is 0 Å². The number of hydrogen-bond acceptors (Lipinski definition) is 4. The van der Waals surface area contributed by atoms with Crippen molar-refractivity contribution in [1.82, 2.24) is 0 Å². The zero-order valence-corrected chi connectivity index (χ0v) is 11.4. The number of carbonyl (C=O) groups excluding carboxylic acids is 1. The van der Waals surface area contributed by atoms with Gasteiger partial charge in [-0.05, 0) is 25.0 Å². The summed E-state index contributed by atoms with van der Waals surface area (Å²) < 4.78 is 23.5. The Morgan fingerprint density at radius 1 is 1.11 bits per heavy atom. The van der Waals surface area contributed by atoms with Crippen LogP contribution >= 0.6 is 0 Å². The van der Waals surface area contributed by atoms with E-state index in [1.165, 1.54) is 0 Å². The highest BCUT2D eigenvalue weighted by atomic mass is 32.2. The second kappa shape index (κ2) is 5.33. The molecule has 1 aromatic rings. The molecule has 4 nitrogen and oxygen atoms in total. The van der Waals surface area contributed by atoms with Gasteiger partial charge in [-0.1, -0.05) is 0 Å². The van der Waals surface area contributed by atoms with Gasteiger partial charge in [-0.25, -0.2) is 0 Å². The van der Waals surface area contributed by atoms with Crippen LogP contribution in [-0.2, 0) is 15.6 Å². The largest absolute Gasteiger partial charge is 0.490 e. The number of fused-ring (bicyclic) bond motifs is 1. The van der Waals surface area contributed by atoms with Crippen molar-refractivity contribution in [3.05, 3.63) is 18.2 Å². The predicted octanol–water partition coefficient (Wildman–Crippen LogP) is 2.08.